The lowest BCUT2D eigenvalue weighted by Gasteiger charge is -2.29. The van der Waals surface area contributed by atoms with Crippen molar-refractivity contribution in [1.29, 1.82) is 0 Å². The third-order valence-electron chi connectivity index (χ3n) is 4.10. The molecular weight excluding hydrogens is 212 g/mol. The van der Waals surface area contributed by atoms with Crippen LogP contribution in [0.5, 0.6) is 0 Å². The third kappa shape index (κ3) is 3.70. The Hall–Kier alpha value is -0.570. The molecule has 0 aliphatic heterocycles. The van der Waals surface area contributed by atoms with E-state index in [2.05, 4.69) is 26.1 Å². The van der Waals surface area contributed by atoms with Crippen molar-refractivity contribution in [3.05, 3.63) is 0 Å². The molecule has 3 nitrogen and oxygen atoms in total. The maximum atomic E-state index is 12.2. The molecule has 1 rings (SSSR count). The molecule has 3 heteroatoms. The van der Waals surface area contributed by atoms with Crippen LogP contribution >= 0.6 is 0 Å². The average Bonchev–Trinajstić information content (AvgIpc) is 2.58. The van der Waals surface area contributed by atoms with Crippen molar-refractivity contribution in [2.75, 3.05) is 0 Å². The van der Waals surface area contributed by atoms with Gasteiger partial charge in [0.2, 0.25) is 5.91 Å². The Labute approximate surface area is 106 Å². The van der Waals surface area contributed by atoms with Crippen molar-refractivity contribution in [2.24, 2.45) is 17.1 Å². The van der Waals surface area contributed by atoms with Gasteiger partial charge in [-0.25, -0.2) is 0 Å². The molecule has 0 saturated heterocycles. The molecule has 17 heavy (non-hydrogen) atoms. The van der Waals surface area contributed by atoms with Crippen molar-refractivity contribution in [3.8, 4) is 0 Å². The Morgan fingerprint density at radius 1 is 1.41 bits per heavy atom. The molecule has 0 aromatic rings. The van der Waals surface area contributed by atoms with Crippen LogP contribution < -0.4 is 11.1 Å². The Balaban J connectivity index is 2.43. The van der Waals surface area contributed by atoms with Crippen LogP contribution in [0.15, 0.2) is 0 Å². The van der Waals surface area contributed by atoms with Gasteiger partial charge < -0.3 is 11.1 Å². The Kier molecular flexibility index (Phi) is 4.99. The van der Waals surface area contributed by atoms with Crippen molar-refractivity contribution >= 4 is 5.91 Å². The van der Waals surface area contributed by atoms with E-state index in [-0.39, 0.29) is 23.4 Å². The van der Waals surface area contributed by atoms with E-state index in [0.717, 1.165) is 32.1 Å². The van der Waals surface area contributed by atoms with Gasteiger partial charge in [0.1, 0.15) is 0 Å². The summed E-state index contributed by atoms with van der Waals surface area (Å²) in [6.45, 7) is 8.52. The van der Waals surface area contributed by atoms with E-state index in [4.69, 9.17) is 5.73 Å². The van der Waals surface area contributed by atoms with E-state index in [1.807, 2.05) is 6.92 Å². The second-order valence-electron chi connectivity index (χ2n) is 6.26. The molecule has 0 aromatic heterocycles. The van der Waals surface area contributed by atoms with Crippen molar-refractivity contribution in [1.82, 2.24) is 5.32 Å². The number of carbonyl (C=O) groups excluding carboxylic acids is 1. The van der Waals surface area contributed by atoms with E-state index in [1.165, 1.54) is 0 Å². The number of nitrogens with one attached hydrogen (secondary N) is 1. The predicted molar refractivity (Wildman–Crippen MR) is 71.6 cm³/mol. The van der Waals surface area contributed by atoms with Crippen LogP contribution in [0.25, 0.3) is 0 Å². The topological polar surface area (TPSA) is 55.1 Å². The number of carbonyl (C=O) groups is 1. The van der Waals surface area contributed by atoms with E-state index in [0.29, 0.717) is 5.92 Å². The fraction of sp³-hybridized carbons (Fsp3) is 0.929. The first-order valence-electron chi connectivity index (χ1n) is 6.93. The minimum Gasteiger partial charge on any atom is -0.353 e. The van der Waals surface area contributed by atoms with Crippen LogP contribution in [0.3, 0.4) is 0 Å². The molecule has 3 N–H and O–H groups in total. The maximum absolute atomic E-state index is 12.2. The fourth-order valence-electron chi connectivity index (χ4n) is 2.52. The van der Waals surface area contributed by atoms with Crippen molar-refractivity contribution in [2.45, 2.75) is 71.9 Å². The quantitative estimate of drug-likeness (QED) is 0.775. The number of amides is 1. The lowest BCUT2D eigenvalue weighted by Crippen LogP contribution is -2.49. The summed E-state index contributed by atoms with van der Waals surface area (Å²) in [6, 6.07) is 0.286. The normalized spacial score (nSPS) is 30.6. The number of hydrogen-bond acceptors (Lipinski definition) is 2. The summed E-state index contributed by atoms with van der Waals surface area (Å²) in [5, 5.41) is 3.13. The molecule has 0 aromatic carbocycles. The predicted octanol–water partition coefficient (Wildman–Crippen LogP) is 2.44. The third-order valence-corrected chi connectivity index (χ3v) is 4.10. The Bertz CT molecular complexity index is 265. The molecule has 0 spiro atoms. The number of rotatable bonds is 5. The molecular formula is C14H28N2O. The van der Waals surface area contributed by atoms with Crippen LogP contribution in [0.1, 0.15) is 59.8 Å². The molecule has 0 heterocycles. The molecule has 0 radical (unpaired) electrons. The minimum absolute atomic E-state index is 0.0276. The fourth-order valence-corrected chi connectivity index (χ4v) is 2.52. The molecule has 1 amide bonds. The molecule has 3 atom stereocenters. The van der Waals surface area contributed by atoms with Gasteiger partial charge in [0, 0.05) is 12.1 Å². The van der Waals surface area contributed by atoms with Gasteiger partial charge in [0.25, 0.3) is 0 Å². The summed E-state index contributed by atoms with van der Waals surface area (Å²) in [7, 11) is 0. The SMILES string of the molecule is CC(C)CCC(C)NC(=O)C1(C)CCCC1N. The first-order chi connectivity index (χ1) is 7.86. The van der Waals surface area contributed by atoms with Gasteiger partial charge in [0.15, 0.2) is 0 Å². The number of hydrogen-bond donors (Lipinski definition) is 2. The Morgan fingerprint density at radius 3 is 2.53 bits per heavy atom. The van der Waals surface area contributed by atoms with E-state index in [9.17, 15) is 4.79 Å². The zero-order chi connectivity index (χ0) is 13.1. The molecule has 0 bridgehead atoms. The Morgan fingerprint density at radius 2 is 2.06 bits per heavy atom. The average molecular weight is 240 g/mol. The maximum Gasteiger partial charge on any atom is 0.227 e. The minimum atomic E-state index is -0.341. The van der Waals surface area contributed by atoms with Crippen LogP contribution in [-0.4, -0.2) is 18.0 Å². The van der Waals surface area contributed by atoms with Crippen molar-refractivity contribution < 1.29 is 4.79 Å². The summed E-state index contributed by atoms with van der Waals surface area (Å²) in [5.41, 5.74) is 5.71. The van der Waals surface area contributed by atoms with Gasteiger partial charge in [-0.2, -0.15) is 0 Å². The van der Waals surface area contributed by atoms with Gasteiger partial charge in [-0.3, -0.25) is 4.79 Å². The van der Waals surface area contributed by atoms with Crippen LogP contribution in [0, 0.1) is 11.3 Å². The highest BCUT2D eigenvalue weighted by Gasteiger charge is 2.43. The van der Waals surface area contributed by atoms with Crippen LogP contribution in [0.2, 0.25) is 0 Å². The largest absolute Gasteiger partial charge is 0.353 e. The summed E-state index contributed by atoms with van der Waals surface area (Å²) >= 11 is 0. The van der Waals surface area contributed by atoms with Gasteiger partial charge in [0.05, 0.1) is 5.41 Å². The lowest BCUT2D eigenvalue weighted by atomic mass is 9.84. The van der Waals surface area contributed by atoms with Gasteiger partial charge in [-0.15, -0.1) is 0 Å². The highest BCUT2D eigenvalue weighted by atomic mass is 16.2. The smallest absolute Gasteiger partial charge is 0.227 e. The molecule has 1 saturated carbocycles. The summed E-state index contributed by atoms with van der Waals surface area (Å²) in [6.07, 6.45) is 5.19. The molecule has 1 fully saturated rings. The van der Waals surface area contributed by atoms with Gasteiger partial charge >= 0.3 is 0 Å². The standard InChI is InChI=1S/C14H28N2O/c1-10(2)7-8-11(3)16-13(17)14(4)9-5-6-12(14)15/h10-12H,5-9,15H2,1-4H3,(H,16,17). The van der Waals surface area contributed by atoms with E-state index in [1.54, 1.807) is 0 Å². The van der Waals surface area contributed by atoms with E-state index >= 15 is 0 Å². The zero-order valence-electron chi connectivity index (χ0n) is 11.8. The van der Waals surface area contributed by atoms with Crippen LogP contribution in [0.4, 0.5) is 0 Å². The van der Waals surface area contributed by atoms with Crippen molar-refractivity contribution in [3.63, 3.8) is 0 Å². The first kappa shape index (κ1) is 14.5. The first-order valence-corrected chi connectivity index (χ1v) is 6.93. The molecule has 1 aliphatic rings. The molecule has 3 unspecified atom stereocenters. The van der Waals surface area contributed by atoms with Gasteiger partial charge in [-0.1, -0.05) is 20.3 Å². The molecule has 100 valence electrons. The summed E-state index contributed by atoms with van der Waals surface area (Å²) in [4.78, 5) is 12.2. The monoisotopic (exact) mass is 240 g/mol. The summed E-state index contributed by atoms with van der Waals surface area (Å²) in [5.74, 6) is 0.845. The highest BCUT2D eigenvalue weighted by Crippen LogP contribution is 2.36. The zero-order valence-corrected chi connectivity index (χ0v) is 11.8. The summed E-state index contributed by atoms with van der Waals surface area (Å²) < 4.78 is 0. The second kappa shape index (κ2) is 5.85. The lowest BCUT2D eigenvalue weighted by molar-refractivity contribution is -0.131. The van der Waals surface area contributed by atoms with Crippen LogP contribution in [-0.2, 0) is 4.79 Å². The second-order valence-corrected chi connectivity index (χ2v) is 6.26. The highest BCUT2D eigenvalue weighted by molar-refractivity contribution is 5.83. The molecule has 1 aliphatic carbocycles. The van der Waals surface area contributed by atoms with E-state index < -0.39 is 0 Å². The van der Waals surface area contributed by atoms with Gasteiger partial charge in [-0.05, 0) is 45.4 Å². The number of nitrogens with two attached hydrogens (primary N) is 1.